The van der Waals surface area contributed by atoms with Gasteiger partial charge in [0.1, 0.15) is 5.82 Å². The van der Waals surface area contributed by atoms with Crippen LogP contribution in [0.2, 0.25) is 0 Å². The fraction of sp³-hybridized carbons (Fsp3) is 0.667. The maximum Gasteiger partial charge on any atom is 0.123 e. The van der Waals surface area contributed by atoms with Crippen LogP contribution in [-0.2, 0) is 4.74 Å². The fourth-order valence-electron chi connectivity index (χ4n) is 4.19. The third-order valence-corrected chi connectivity index (χ3v) is 5.15. The molecule has 116 valence electrons. The number of hydrogen-bond donors (Lipinski definition) is 1. The minimum Gasteiger partial charge on any atom is -0.375 e. The Morgan fingerprint density at radius 3 is 2.90 bits per heavy atom. The molecule has 1 spiro atoms. The summed E-state index contributed by atoms with van der Waals surface area (Å²) >= 11 is 0. The van der Waals surface area contributed by atoms with Crippen molar-refractivity contribution in [2.45, 2.75) is 57.1 Å². The van der Waals surface area contributed by atoms with E-state index in [4.69, 9.17) is 4.74 Å². The van der Waals surface area contributed by atoms with Gasteiger partial charge in [-0.2, -0.15) is 0 Å². The van der Waals surface area contributed by atoms with Crippen molar-refractivity contribution in [2.75, 3.05) is 13.2 Å². The van der Waals surface area contributed by atoms with Crippen molar-refractivity contribution in [3.8, 4) is 0 Å². The van der Waals surface area contributed by atoms with Crippen molar-refractivity contribution in [1.82, 2.24) is 5.32 Å². The van der Waals surface area contributed by atoms with Crippen LogP contribution in [0.4, 0.5) is 4.39 Å². The molecule has 0 amide bonds. The first-order valence-electron chi connectivity index (χ1n) is 8.35. The van der Waals surface area contributed by atoms with Crippen LogP contribution in [0, 0.1) is 11.7 Å². The highest BCUT2D eigenvalue weighted by atomic mass is 19.1. The van der Waals surface area contributed by atoms with Gasteiger partial charge in [-0.25, -0.2) is 4.39 Å². The van der Waals surface area contributed by atoms with Crippen molar-refractivity contribution >= 4 is 0 Å². The SMILES string of the molecule is CCNC(c1cccc(F)c1)C1CCOC2(CCCC2)C1. The van der Waals surface area contributed by atoms with Crippen LogP contribution in [0.5, 0.6) is 0 Å². The first-order valence-corrected chi connectivity index (χ1v) is 8.35. The lowest BCUT2D eigenvalue weighted by molar-refractivity contribution is -0.0981. The predicted octanol–water partition coefficient (Wildman–Crippen LogP) is 4.22. The molecular formula is C18H26FNO. The van der Waals surface area contributed by atoms with Gasteiger partial charge in [0, 0.05) is 12.6 Å². The van der Waals surface area contributed by atoms with Crippen LogP contribution in [0.3, 0.4) is 0 Å². The zero-order valence-corrected chi connectivity index (χ0v) is 12.9. The molecule has 2 fully saturated rings. The maximum absolute atomic E-state index is 13.6. The van der Waals surface area contributed by atoms with Gasteiger partial charge in [0.05, 0.1) is 5.60 Å². The summed E-state index contributed by atoms with van der Waals surface area (Å²) in [6, 6.07) is 7.32. The second kappa shape index (κ2) is 6.45. The molecule has 2 atom stereocenters. The molecule has 1 N–H and O–H groups in total. The van der Waals surface area contributed by atoms with E-state index >= 15 is 0 Å². The van der Waals surface area contributed by atoms with Gasteiger partial charge in [0.15, 0.2) is 0 Å². The third-order valence-electron chi connectivity index (χ3n) is 5.15. The van der Waals surface area contributed by atoms with Crippen LogP contribution in [0.25, 0.3) is 0 Å². The Bertz CT molecular complexity index is 470. The van der Waals surface area contributed by atoms with E-state index in [9.17, 15) is 4.39 Å². The summed E-state index contributed by atoms with van der Waals surface area (Å²) in [6.45, 7) is 3.88. The van der Waals surface area contributed by atoms with E-state index in [1.54, 1.807) is 6.07 Å². The Labute approximate surface area is 127 Å². The van der Waals surface area contributed by atoms with E-state index in [0.717, 1.165) is 31.6 Å². The minimum absolute atomic E-state index is 0.115. The van der Waals surface area contributed by atoms with E-state index in [1.807, 2.05) is 12.1 Å². The summed E-state index contributed by atoms with van der Waals surface area (Å²) in [5, 5.41) is 3.58. The normalized spacial score (nSPS) is 26.1. The monoisotopic (exact) mass is 291 g/mol. The molecule has 0 radical (unpaired) electrons. The molecular weight excluding hydrogens is 265 g/mol. The van der Waals surface area contributed by atoms with Gasteiger partial charge in [0.2, 0.25) is 0 Å². The van der Waals surface area contributed by atoms with E-state index in [0.29, 0.717) is 5.92 Å². The Morgan fingerprint density at radius 2 is 2.19 bits per heavy atom. The predicted molar refractivity (Wildman–Crippen MR) is 82.7 cm³/mol. The van der Waals surface area contributed by atoms with Crippen molar-refractivity contribution in [2.24, 2.45) is 5.92 Å². The molecule has 1 saturated carbocycles. The molecule has 1 aromatic rings. The lowest BCUT2D eigenvalue weighted by Gasteiger charge is -2.41. The van der Waals surface area contributed by atoms with Crippen LogP contribution in [-0.4, -0.2) is 18.8 Å². The van der Waals surface area contributed by atoms with Crippen molar-refractivity contribution < 1.29 is 9.13 Å². The van der Waals surface area contributed by atoms with Crippen LogP contribution >= 0.6 is 0 Å². The standard InChI is InChI=1S/C18H26FNO/c1-2-20-17(14-6-5-7-16(19)12-14)15-8-11-21-18(13-15)9-3-4-10-18/h5-7,12,15,17,20H,2-4,8-11,13H2,1H3. The molecule has 1 aromatic carbocycles. The third kappa shape index (κ3) is 3.29. The highest BCUT2D eigenvalue weighted by Gasteiger charge is 2.42. The Balaban J connectivity index is 1.80. The lowest BCUT2D eigenvalue weighted by atomic mass is 9.78. The van der Waals surface area contributed by atoms with E-state index in [-0.39, 0.29) is 17.5 Å². The molecule has 2 unspecified atom stereocenters. The van der Waals surface area contributed by atoms with E-state index in [1.165, 1.54) is 31.7 Å². The van der Waals surface area contributed by atoms with Crippen LogP contribution in [0.15, 0.2) is 24.3 Å². The van der Waals surface area contributed by atoms with Crippen molar-refractivity contribution in [1.29, 1.82) is 0 Å². The second-order valence-corrected chi connectivity index (χ2v) is 6.58. The first-order chi connectivity index (χ1) is 10.2. The average Bonchev–Trinajstić information content (AvgIpc) is 2.92. The number of ether oxygens (including phenoxy) is 1. The van der Waals surface area contributed by atoms with Gasteiger partial charge < -0.3 is 10.1 Å². The molecule has 3 rings (SSSR count). The molecule has 1 aliphatic carbocycles. The second-order valence-electron chi connectivity index (χ2n) is 6.58. The first kappa shape index (κ1) is 15.0. The highest BCUT2D eigenvalue weighted by Crippen LogP contribution is 2.45. The molecule has 1 aliphatic heterocycles. The summed E-state index contributed by atoms with van der Waals surface area (Å²) in [5.41, 5.74) is 1.20. The Kier molecular flexibility index (Phi) is 4.60. The smallest absolute Gasteiger partial charge is 0.123 e. The lowest BCUT2D eigenvalue weighted by Crippen LogP contribution is -2.42. The average molecular weight is 291 g/mol. The molecule has 1 heterocycles. The van der Waals surface area contributed by atoms with E-state index < -0.39 is 0 Å². The summed E-state index contributed by atoms with van der Waals surface area (Å²) in [4.78, 5) is 0. The van der Waals surface area contributed by atoms with E-state index in [2.05, 4.69) is 12.2 Å². The van der Waals surface area contributed by atoms with Crippen molar-refractivity contribution in [3.63, 3.8) is 0 Å². The molecule has 0 aromatic heterocycles. The summed E-state index contributed by atoms with van der Waals surface area (Å²) in [6.07, 6.45) is 7.16. The Hall–Kier alpha value is -0.930. The zero-order chi connectivity index (χ0) is 14.7. The number of benzene rings is 1. The molecule has 3 heteroatoms. The molecule has 21 heavy (non-hydrogen) atoms. The summed E-state index contributed by atoms with van der Waals surface area (Å²) < 4.78 is 19.7. The van der Waals surface area contributed by atoms with Crippen LogP contribution < -0.4 is 5.32 Å². The van der Waals surface area contributed by atoms with Gasteiger partial charge in [-0.05, 0) is 55.8 Å². The Morgan fingerprint density at radius 1 is 1.38 bits per heavy atom. The number of nitrogens with one attached hydrogen (secondary N) is 1. The fourth-order valence-corrected chi connectivity index (χ4v) is 4.19. The molecule has 1 saturated heterocycles. The van der Waals surface area contributed by atoms with Gasteiger partial charge in [-0.1, -0.05) is 31.9 Å². The molecule has 0 bridgehead atoms. The summed E-state index contributed by atoms with van der Waals surface area (Å²) in [7, 11) is 0. The summed E-state index contributed by atoms with van der Waals surface area (Å²) in [5.74, 6) is 0.400. The van der Waals surface area contributed by atoms with Gasteiger partial charge in [-0.15, -0.1) is 0 Å². The zero-order valence-electron chi connectivity index (χ0n) is 12.9. The topological polar surface area (TPSA) is 21.3 Å². The number of halogens is 1. The highest BCUT2D eigenvalue weighted by molar-refractivity contribution is 5.21. The molecule has 2 aliphatic rings. The van der Waals surface area contributed by atoms with Crippen molar-refractivity contribution in [3.05, 3.63) is 35.6 Å². The number of rotatable bonds is 4. The van der Waals surface area contributed by atoms with Gasteiger partial charge >= 0.3 is 0 Å². The van der Waals surface area contributed by atoms with Crippen LogP contribution in [0.1, 0.15) is 57.1 Å². The maximum atomic E-state index is 13.6. The minimum atomic E-state index is -0.141. The van der Waals surface area contributed by atoms with Gasteiger partial charge in [0.25, 0.3) is 0 Å². The quantitative estimate of drug-likeness (QED) is 0.897. The largest absolute Gasteiger partial charge is 0.375 e. The number of hydrogen-bond acceptors (Lipinski definition) is 2. The molecule has 2 nitrogen and oxygen atoms in total. The van der Waals surface area contributed by atoms with Gasteiger partial charge in [-0.3, -0.25) is 0 Å².